The number of amides is 1. The van der Waals surface area contributed by atoms with Gasteiger partial charge in [0.2, 0.25) is 5.91 Å². The summed E-state index contributed by atoms with van der Waals surface area (Å²) in [5.41, 5.74) is 1.05. The number of likely N-dealkylation sites (N-methyl/N-ethyl adjacent to an activating group) is 1. The van der Waals surface area contributed by atoms with Crippen LogP contribution in [0.15, 0.2) is 24.3 Å². The molecule has 1 amide bonds. The van der Waals surface area contributed by atoms with Crippen LogP contribution in [0.1, 0.15) is 38.1 Å². The molecule has 1 rings (SSSR count). The third-order valence-electron chi connectivity index (χ3n) is 3.19. The second-order valence-corrected chi connectivity index (χ2v) is 5.58. The Morgan fingerprint density at radius 2 is 1.91 bits per heavy atom. The summed E-state index contributed by atoms with van der Waals surface area (Å²) < 4.78 is 5.19. The first-order valence-corrected chi connectivity index (χ1v) is 7.75. The van der Waals surface area contributed by atoms with Crippen LogP contribution in [-0.4, -0.2) is 43.0 Å². The van der Waals surface area contributed by atoms with E-state index in [0.717, 1.165) is 13.1 Å². The van der Waals surface area contributed by atoms with Gasteiger partial charge < -0.3 is 10.1 Å². The van der Waals surface area contributed by atoms with Crippen molar-refractivity contribution in [3.8, 4) is 0 Å². The molecule has 5 nitrogen and oxygen atoms in total. The number of nitrogens with one attached hydrogen (secondary N) is 1. The summed E-state index contributed by atoms with van der Waals surface area (Å²) in [5.74, 6) is -0.161. The number of hydrogen-bond donors (Lipinski definition) is 1. The maximum Gasteiger partial charge on any atom is 0.338 e. The van der Waals surface area contributed by atoms with Gasteiger partial charge in [-0.05, 0) is 37.2 Å². The molecule has 0 atom stereocenters. The second kappa shape index (κ2) is 9.20. The van der Waals surface area contributed by atoms with Crippen LogP contribution in [0.25, 0.3) is 0 Å². The quantitative estimate of drug-likeness (QED) is 0.750. The van der Waals surface area contributed by atoms with Crippen LogP contribution in [0.5, 0.6) is 0 Å². The Bertz CT molecular complexity index is 496. The van der Waals surface area contributed by atoms with Crippen molar-refractivity contribution in [2.75, 3.05) is 31.6 Å². The van der Waals surface area contributed by atoms with E-state index in [4.69, 9.17) is 4.74 Å². The van der Waals surface area contributed by atoms with Gasteiger partial charge in [0.05, 0.1) is 18.7 Å². The average molecular weight is 306 g/mol. The van der Waals surface area contributed by atoms with Gasteiger partial charge in [-0.3, -0.25) is 9.69 Å². The van der Waals surface area contributed by atoms with Gasteiger partial charge in [0.25, 0.3) is 0 Å². The maximum atomic E-state index is 12.0. The smallest absolute Gasteiger partial charge is 0.338 e. The lowest BCUT2D eigenvalue weighted by molar-refractivity contribution is -0.117. The molecule has 0 aliphatic rings. The molecule has 0 bridgehead atoms. The van der Waals surface area contributed by atoms with Crippen molar-refractivity contribution in [3.63, 3.8) is 0 Å². The molecule has 0 unspecified atom stereocenters. The summed E-state index contributed by atoms with van der Waals surface area (Å²) in [5, 5.41) is 2.81. The first kappa shape index (κ1) is 18.2. The first-order valence-electron chi connectivity index (χ1n) is 7.75. The van der Waals surface area contributed by atoms with Crippen molar-refractivity contribution in [1.82, 2.24) is 4.90 Å². The summed E-state index contributed by atoms with van der Waals surface area (Å²) in [6.07, 6.45) is 0. The van der Waals surface area contributed by atoms with Crippen LogP contribution < -0.4 is 5.32 Å². The molecule has 0 saturated heterocycles. The number of benzene rings is 1. The van der Waals surface area contributed by atoms with Gasteiger partial charge in [-0.25, -0.2) is 4.79 Å². The fourth-order valence-electron chi connectivity index (χ4n) is 1.90. The number of anilines is 1. The van der Waals surface area contributed by atoms with Crippen LogP contribution in [0, 0.1) is 5.92 Å². The molecule has 1 N–H and O–H groups in total. The van der Waals surface area contributed by atoms with Crippen molar-refractivity contribution in [2.45, 2.75) is 27.7 Å². The molecule has 5 heteroatoms. The summed E-state index contributed by atoms with van der Waals surface area (Å²) in [4.78, 5) is 25.9. The third-order valence-corrected chi connectivity index (χ3v) is 3.19. The van der Waals surface area contributed by atoms with Gasteiger partial charge >= 0.3 is 5.97 Å². The lowest BCUT2D eigenvalue weighted by Gasteiger charge is -2.17. The minimum atomic E-state index is -0.367. The highest BCUT2D eigenvalue weighted by Gasteiger charge is 2.11. The van der Waals surface area contributed by atoms with E-state index < -0.39 is 0 Å². The van der Waals surface area contributed by atoms with Crippen molar-refractivity contribution in [2.24, 2.45) is 5.92 Å². The van der Waals surface area contributed by atoms with Crippen molar-refractivity contribution >= 4 is 17.6 Å². The highest BCUT2D eigenvalue weighted by Crippen LogP contribution is 2.12. The van der Waals surface area contributed by atoms with E-state index in [-0.39, 0.29) is 11.9 Å². The van der Waals surface area contributed by atoms with E-state index in [2.05, 4.69) is 5.32 Å². The summed E-state index contributed by atoms with van der Waals surface area (Å²) in [6, 6.07) is 6.82. The minimum Gasteiger partial charge on any atom is -0.462 e. The Hall–Kier alpha value is -1.88. The summed E-state index contributed by atoms with van der Waals surface area (Å²) in [6.45, 7) is 10.4. The van der Waals surface area contributed by atoms with E-state index in [1.165, 1.54) is 0 Å². The molecule has 1 aromatic carbocycles. The minimum absolute atomic E-state index is 0.0867. The van der Waals surface area contributed by atoms with Crippen LogP contribution in [-0.2, 0) is 9.53 Å². The Balaban J connectivity index is 2.64. The molecule has 0 saturated carbocycles. The highest BCUT2D eigenvalue weighted by molar-refractivity contribution is 5.95. The number of carbonyl (C=O) groups excluding carboxylic acids is 2. The van der Waals surface area contributed by atoms with E-state index >= 15 is 0 Å². The number of rotatable bonds is 8. The monoisotopic (exact) mass is 306 g/mol. The van der Waals surface area contributed by atoms with Crippen molar-refractivity contribution in [1.29, 1.82) is 0 Å². The van der Waals surface area contributed by atoms with Gasteiger partial charge in [0.1, 0.15) is 0 Å². The van der Waals surface area contributed by atoms with E-state index in [9.17, 15) is 9.59 Å². The lowest BCUT2D eigenvalue weighted by Crippen LogP contribution is -2.32. The van der Waals surface area contributed by atoms with Crippen molar-refractivity contribution < 1.29 is 14.3 Å². The Labute approximate surface area is 132 Å². The molecule has 1 aromatic rings. The van der Waals surface area contributed by atoms with E-state index in [1.54, 1.807) is 24.3 Å². The van der Waals surface area contributed by atoms with Gasteiger partial charge in [0.15, 0.2) is 0 Å². The number of hydrogen-bond acceptors (Lipinski definition) is 4. The van der Waals surface area contributed by atoms with Crippen LogP contribution >= 0.6 is 0 Å². The van der Waals surface area contributed by atoms with Gasteiger partial charge in [-0.1, -0.05) is 33.8 Å². The van der Waals surface area contributed by atoms with E-state index in [0.29, 0.717) is 30.3 Å². The van der Waals surface area contributed by atoms with Crippen LogP contribution in [0.3, 0.4) is 0 Å². The maximum absolute atomic E-state index is 12.0. The SMILES string of the molecule is CCN(CC)CC(=O)Nc1cccc(C(=O)OCC(C)C)c1. The molecule has 0 heterocycles. The topological polar surface area (TPSA) is 58.6 Å². The number of nitrogens with zero attached hydrogens (tertiary/aromatic N) is 1. The first-order chi connectivity index (χ1) is 10.5. The molecular formula is C17H26N2O3. The number of esters is 1. The van der Waals surface area contributed by atoms with Crippen LogP contribution in [0.2, 0.25) is 0 Å². The standard InChI is InChI=1S/C17H26N2O3/c1-5-19(6-2)11-16(20)18-15-9-7-8-14(10-15)17(21)22-12-13(3)4/h7-10,13H,5-6,11-12H2,1-4H3,(H,18,20). The fourth-order valence-corrected chi connectivity index (χ4v) is 1.90. The fraction of sp³-hybridized carbons (Fsp3) is 0.529. The van der Waals surface area contributed by atoms with Gasteiger partial charge in [-0.15, -0.1) is 0 Å². The number of carbonyl (C=O) groups is 2. The molecular weight excluding hydrogens is 280 g/mol. The molecule has 0 aliphatic carbocycles. The predicted molar refractivity (Wildman–Crippen MR) is 88.0 cm³/mol. The molecule has 0 spiro atoms. The Morgan fingerprint density at radius 1 is 1.23 bits per heavy atom. The largest absolute Gasteiger partial charge is 0.462 e. The zero-order valence-corrected chi connectivity index (χ0v) is 13.9. The van der Waals surface area contributed by atoms with Crippen molar-refractivity contribution in [3.05, 3.63) is 29.8 Å². The zero-order valence-electron chi connectivity index (χ0n) is 13.9. The lowest BCUT2D eigenvalue weighted by atomic mass is 10.2. The summed E-state index contributed by atoms with van der Waals surface area (Å²) >= 11 is 0. The Morgan fingerprint density at radius 3 is 2.50 bits per heavy atom. The zero-order chi connectivity index (χ0) is 16.5. The van der Waals surface area contributed by atoms with Gasteiger partial charge in [0, 0.05) is 5.69 Å². The molecule has 0 radical (unpaired) electrons. The predicted octanol–water partition coefficient (Wildman–Crippen LogP) is 2.78. The second-order valence-electron chi connectivity index (χ2n) is 5.58. The molecule has 22 heavy (non-hydrogen) atoms. The average Bonchev–Trinajstić information content (AvgIpc) is 2.50. The Kier molecular flexibility index (Phi) is 7.60. The van der Waals surface area contributed by atoms with E-state index in [1.807, 2.05) is 32.6 Å². The third kappa shape index (κ3) is 6.26. The molecule has 0 fully saturated rings. The molecule has 0 aliphatic heterocycles. The van der Waals surface area contributed by atoms with Gasteiger partial charge in [-0.2, -0.15) is 0 Å². The van der Waals surface area contributed by atoms with Crippen LogP contribution in [0.4, 0.5) is 5.69 Å². The highest BCUT2D eigenvalue weighted by atomic mass is 16.5. The molecule has 122 valence electrons. The normalized spacial score (nSPS) is 10.8. The number of ether oxygens (including phenoxy) is 1. The molecule has 0 aromatic heterocycles. The summed E-state index contributed by atoms with van der Waals surface area (Å²) in [7, 11) is 0.